The van der Waals surface area contributed by atoms with Crippen molar-refractivity contribution < 1.29 is 19.1 Å². The molecule has 2 aromatic rings. The SMILES string of the molecule is CSc1ccc(C(=O)[C@H]2CN(C(C)=O)C[C@@H]2CCc2cc(C)c(OC(C)(C)C(C)=O)c(C)c2)cc1. The molecule has 1 saturated heterocycles. The summed E-state index contributed by atoms with van der Waals surface area (Å²) in [5, 5.41) is 0. The Bertz CT molecular complexity index is 1080. The van der Waals surface area contributed by atoms with Crippen LogP contribution < -0.4 is 4.74 Å². The number of benzene rings is 2. The van der Waals surface area contributed by atoms with Gasteiger partial charge in [0.1, 0.15) is 5.75 Å². The molecule has 0 N–H and O–H groups in total. The highest BCUT2D eigenvalue weighted by molar-refractivity contribution is 7.98. The van der Waals surface area contributed by atoms with Crippen LogP contribution in [0.3, 0.4) is 0 Å². The van der Waals surface area contributed by atoms with E-state index in [4.69, 9.17) is 4.74 Å². The number of carbonyl (C=O) groups excluding carboxylic acids is 3. The smallest absolute Gasteiger partial charge is 0.219 e. The quantitative estimate of drug-likeness (QED) is 0.331. The molecule has 0 unspecified atom stereocenters. The molecule has 0 saturated carbocycles. The highest BCUT2D eigenvalue weighted by atomic mass is 32.2. The fourth-order valence-corrected chi connectivity index (χ4v) is 5.12. The van der Waals surface area contributed by atoms with Crippen LogP contribution in [0.4, 0.5) is 0 Å². The largest absolute Gasteiger partial charge is 0.480 e. The van der Waals surface area contributed by atoms with Gasteiger partial charge in [-0.1, -0.05) is 24.3 Å². The van der Waals surface area contributed by atoms with Gasteiger partial charge < -0.3 is 9.64 Å². The van der Waals surface area contributed by atoms with Gasteiger partial charge in [-0.15, -0.1) is 11.8 Å². The molecule has 1 aliphatic heterocycles. The average Bonchev–Trinajstić information content (AvgIpc) is 3.24. The first-order chi connectivity index (χ1) is 16.4. The van der Waals surface area contributed by atoms with Gasteiger partial charge in [-0.05, 0) is 88.5 Å². The zero-order valence-electron chi connectivity index (χ0n) is 21.9. The molecular formula is C29H37NO4S. The minimum absolute atomic E-state index is 0.0179. The van der Waals surface area contributed by atoms with Crippen LogP contribution in [0.25, 0.3) is 0 Å². The molecule has 0 radical (unpaired) electrons. The lowest BCUT2D eigenvalue weighted by molar-refractivity contribution is -0.129. The third-order valence-corrected chi connectivity index (χ3v) is 7.87. The van der Waals surface area contributed by atoms with Crippen molar-refractivity contribution in [2.75, 3.05) is 19.3 Å². The molecule has 0 spiro atoms. The normalized spacial score (nSPS) is 18.0. The van der Waals surface area contributed by atoms with Gasteiger partial charge in [-0.2, -0.15) is 0 Å². The fourth-order valence-electron chi connectivity index (χ4n) is 4.71. The van der Waals surface area contributed by atoms with Crippen molar-refractivity contribution in [3.8, 4) is 5.75 Å². The van der Waals surface area contributed by atoms with Crippen molar-refractivity contribution in [1.82, 2.24) is 4.90 Å². The first kappa shape index (κ1) is 27.0. The number of ketones is 2. The summed E-state index contributed by atoms with van der Waals surface area (Å²) in [6, 6.07) is 12.0. The summed E-state index contributed by atoms with van der Waals surface area (Å²) < 4.78 is 6.07. The number of rotatable bonds is 9. The van der Waals surface area contributed by atoms with Gasteiger partial charge in [-0.25, -0.2) is 0 Å². The summed E-state index contributed by atoms with van der Waals surface area (Å²) >= 11 is 1.65. The van der Waals surface area contributed by atoms with Crippen molar-refractivity contribution in [2.45, 2.75) is 64.9 Å². The van der Waals surface area contributed by atoms with Crippen LogP contribution in [0.15, 0.2) is 41.3 Å². The monoisotopic (exact) mass is 495 g/mol. The zero-order chi connectivity index (χ0) is 25.9. The number of aryl methyl sites for hydroxylation is 3. The summed E-state index contributed by atoms with van der Waals surface area (Å²) in [5.74, 6) is 0.785. The van der Waals surface area contributed by atoms with E-state index in [1.54, 1.807) is 44.4 Å². The molecule has 0 aromatic heterocycles. The van der Waals surface area contributed by atoms with Crippen LogP contribution in [0, 0.1) is 25.7 Å². The number of thioether (sulfide) groups is 1. The van der Waals surface area contributed by atoms with E-state index in [1.165, 1.54) is 5.56 Å². The zero-order valence-corrected chi connectivity index (χ0v) is 22.8. The Labute approximate surface area is 213 Å². The van der Waals surface area contributed by atoms with Crippen LogP contribution in [0.1, 0.15) is 61.2 Å². The summed E-state index contributed by atoms with van der Waals surface area (Å²) in [7, 11) is 0. The second-order valence-corrected chi connectivity index (χ2v) is 11.0. The molecule has 35 heavy (non-hydrogen) atoms. The van der Waals surface area contributed by atoms with Crippen molar-refractivity contribution >= 4 is 29.2 Å². The summed E-state index contributed by atoms with van der Waals surface area (Å²) in [6.45, 7) is 11.8. The number of hydrogen-bond acceptors (Lipinski definition) is 5. The van der Waals surface area contributed by atoms with Gasteiger partial charge >= 0.3 is 0 Å². The van der Waals surface area contributed by atoms with E-state index in [2.05, 4.69) is 12.1 Å². The summed E-state index contributed by atoms with van der Waals surface area (Å²) in [4.78, 5) is 40.4. The van der Waals surface area contributed by atoms with Gasteiger partial charge in [0.25, 0.3) is 0 Å². The Kier molecular flexibility index (Phi) is 8.47. The van der Waals surface area contributed by atoms with Crippen LogP contribution in [-0.2, 0) is 16.0 Å². The van der Waals surface area contributed by atoms with Gasteiger partial charge in [0.05, 0.1) is 0 Å². The van der Waals surface area contributed by atoms with Crippen molar-refractivity contribution in [3.63, 3.8) is 0 Å². The molecule has 188 valence electrons. The third kappa shape index (κ3) is 6.35. The van der Waals surface area contributed by atoms with Gasteiger partial charge in [-0.3, -0.25) is 14.4 Å². The Morgan fingerprint density at radius 1 is 1.03 bits per heavy atom. The van der Waals surface area contributed by atoms with E-state index in [0.29, 0.717) is 18.7 Å². The highest BCUT2D eigenvalue weighted by Crippen LogP contribution is 2.33. The predicted octanol–water partition coefficient (Wildman–Crippen LogP) is 5.68. The lowest BCUT2D eigenvalue weighted by Gasteiger charge is -2.26. The Hall–Kier alpha value is -2.60. The van der Waals surface area contributed by atoms with Gasteiger partial charge in [0.2, 0.25) is 5.91 Å². The van der Waals surface area contributed by atoms with Crippen LogP contribution in [0.5, 0.6) is 5.75 Å². The second-order valence-electron chi connectivity index (χ2n) is 10.1. The molecule has 2 aromatic carbocycles. The molecule has 2 atom stereocenters. The van der Waals surface area contributed by atoms with E-state index < -0.39 is 5.60 Å². The van der Waals surface area contributed by atoms with E-state index >= 15 is 0 Å². The number of nitrogens with zero attached hydrogens (tertiary/aromatic N) is 1. The number of Topliss-reactive ketones (excluding diaryl/α,β-unsaturated/α-hetero) is 2. The number of likely N-dealkylation sites (tertiary alicyclic amines) is 1. The second kappa shape index (κ2) is 11.0. The minimum Gasteiger partial charge on any atom is -0.480 e. The van der Waals surface area contributed by atoms with Gasteiger partial charge in [0, 0.05) is 36.4 Å². The summed E-state index contributed by atoms with van der Waals surface area (Å²) in [5.41, 5.74) is 2.99. The fraction of sp³-hybridized carbons (Fsp3) is 0.483. The van der Waals surface area contributed by atoms with E-state index in [-0.39, 0.29) is 29.3 Å². The summed E-state index contributed by atoms with van der Waals surface area (Å²) in [6.07, 6.45) is 3.64. The van der Waals surface area contributed by atoms with Crippen molar-refractivity contribution in [1.29, 1.82) is 0 Å². The van der Waals surface area contributed by atoms with E-state index in [0.717, 1.165) is 34.6 Å². The average molecular weight is 496 g/mol. The Morgan fingerprint density at radius 2 is 1.63 bits per heavy atom. The molecule has 1 amide bonds. The van der Waals surface area contributed by atoms with Crippen LogP contribution >= 0.6 is 11.8 Å². The maximum Gasteiger partial charge on any atom is 0.219 e. The van der Waals surface area contributed by atoms with Gasteiger partial charge in [0.15, 0.2) is 17.2 Å². The molecule has 5 nitrogen and oxygen atoms in total. The molecule has 0 bridgehead atoms. The first-order valence-electron chi connectivity index (χ1n) is 12.2. The molecule has 0 aliphatic carbocycles. The van der Waals surface area contributed by atoms with Crippen LogP contribution in [-0.4, -0.2) is 47.3 Å². The number of amides is 1. The molecule has 1 fully saturated rings. The molecule has 1 aliphatic rings. The topological polar surface area (TPSA) is 63.7 Å². The molecule has 3 rings (SSSR count). The lowest BCUT2D eigenvalue weighted by Crippen LogP contribution is -2.36. The van der Waals surface area contributed by atoms with Crippen LogP contribution in [0.2, 0.25) is 0 Å². The van der Waals surface area contributed by atoms with E-state index in [9.17, 15) is 14.4 Å². The van der Waals surface area contributed by atoms with Crippen molar-refractivity contribution in [2.24, 2.45) is 11.8 Å². The Balaban J connectivity index is 1.76. The minimum atomic E-state index is -0.876. The lowest BCUT2D eigenvalue weighted by atomic mass is 9.84. The highest BCUT2D eigenvalue weighted by Gasteiger charge is 2.38. The van der Waals surface area contributed by atoms with E-state index in [1.807, 2.05) is 44.4 Å². The molecular weight excluding hydrogens is 458 g/mol. The maximum absolute atomic E-state index is 13.4. The third-order valence-electron chi connectivity index (χ3n) is 7.13. The standard InChI is InChI=1S/C29H37NO4S/c1-18-14-22(15-19(2)28(18)34-29(5,6)20(3)31)8-9-24-16-30(21(4)32)17-26(24)27(33)23-10-12-25(35-7)13-11-23/h10-15,24,26H,8-9,16-17H2,1-7H3/t24-,26-/m0/s1. The maximum atomic E-state index is 13.4. The number of ether oxygens (including phenoxy) is 1. The molecule has 1 heterocycles. The first-order valence-corrected chi connectivity index (χ1v) is 13.4. The molecule has 6 heteroatoms. The number of hydrogen-bond donors (Lipinski definition) is 0. The number of carbonyl (C=O) groups is 3. The van der Waals surface area contributed by atoms with Crippen molar-refractivity contribution in [3.05, 3.63) is 58.7 Å². The predicted molar refractivity (Wildman–Crippen MR) is 141 cm³/mol. The Morgan fingerprint density at radius 3 is 2.14 bits per heavy atom.